The zero-order chi connectivity index (χ0) is 12.1. The van der Waals surface area contributed by atoms with E-state index in [1.165, 1.54) is 20.3 Å². The van der Waals surface area contributed by atoms with Gasteiger partial charge in [0.15, 0.2) is 0 Å². The minimum absolute atomic E-state index is 0.913. The number of aryl methyl sites for hydroxylation is 1. The third kappa shape index (κ3) is 3.63. The first-order valence-electron chi connectivity index (χ1n) is 5.27. The van der Waals surface area contributed by atoms with Crippen molar-refractivity contribution < 1.29 is 0 Å². The van der Waals surface area contributed by atoms with Crippen molar-refractivity contribution in [3.05, 3.63) is 69.4 Å². The Morgan fingerprint density at radius 1 is 1.44 bits per heavy atom. The molecule has 0 amide bonds. The molecule has 0 atom stereocenters. The minimum atomic E-state index is 0.913. The van der Waals surface area contributed by atoms with Gasteiger partial charge in [-0.3, -0.25) is 0 Å². The molecule has 16 heavy (non-hydrogen) atoms. The van der Waals surface area contributed by atoms with Gasteiger partial charge in [0.05, 0.1) is 0 Å². The molecule has 0 aliphatic rings. The van der Waals surface area contributed by atoms with Crippen molar-refractivity contribution in [2.45, 2.75) is 20.3 Å². The van der Waals surface area contributed by atoms with E-state index < -0.39 is 0 Å². The molecule has 0 spiro atoms. The molecule has 0 radical (unpaired) electrons. The first-order chi connectivity index (χ1) is 7.54. The molecule has 1 rings (SSSR count). The molecule has 0 aliphatic carbocycles. The molecule has 0 saturated carbocycles. The molecule has 0 bridgehead atoms. The van der Waals surface area contributed by atoms with E-state index in [0.717, 1.165) is 12.0 Å². The summed E-state index contributed by atoms with van der Waals surface area (Å²) in [5.41, 5.74) is 5.01. The Bertz CT molecular complexity index is 439. The molecule has 84 valence electrons. The molecule has 1 heteroatoms. The maximum atomic E-state index is 4.12. The van der Waals surface area contributed by atoms with Crippen molar-refractivity contribution in [1.29, 1.82) is 0 Å². The molecule has 0 N–H and O–H groups in total. The smallest absolute Gasteiger partial charge is 0.0165 e. The Morgan fingerprint density at radius 2 is 2.12 bits per heavy atom. The van der Waals surface area contributed by atoms with Crippen LogP contribution in [0.1, 0.15) is 18.1 Å². The van der Waals surface area contributed by atoms with Crippen LogP contribution in [-0.4, -0.2) is 0 Å². The summed E-state index contributed by atoms with van der Waals surface area (Å²) in [7, 11) is 0. The highest BCUT2D eigenvalue weighted by molar-refractivity contribution is 14.1. The van der Waals surface area contributed by atoms with Gasteiger partial charge in [0.1, 0.15) is 0 Å². The second-order valence-electron chi connectivity index (χ2n) is 3.96. The minimum Gasteiger partial charge on any atom is -0.0991 e. The van der Waals surface area contributed by atoms with Crippen LogP contribution in [0, 0.1) is 10.5 Å². The van der Waals surface area contributed by atoms with E-state index in [1.54, 1.807) is 0 Å². The summed E-state index contributed by atoms with van der Waals surface area (Å²) >= 11 is 2.37. The van der Waals surface area contributed by atoms with Crippen molar-refractivity contribution in [2.24, 2.45) is 0 Å². The number of benzene rings is 1. The molecule has 0 saturated heterocycles. The molecular formula is C15H17I. The standard InChI is InChI=1S/C15H17I/c1-5-6-12(3)13(4)10-14-9-11(2)7-8-15(14)16/h5-9H,1,4,10H2,2-3H3/b12-6+. The second-order valence-corrected chi connectivity index (χ2v) is 5.12. The van der Waals surface area contributed by atoms with E-state index in [4.69, 9.17) is 0 Å². The van der Waals surface area contributed by atoms with Gasteiger partial charge in [-0.2, -0.15) is 0 Å². The topological polar surface area (TPSA) is 0 Å². The SMILES string of the molecule is C=C/C=C(\C)C(=C)Cc1cc(C)ccc1I. The fraction of sp³-hybridized carbons (Fsp3) is 0.200. The lowest BCUT2D eigenvalue weighted by molar-refractivity contribution is 1.13. The summed E-state index contributed by atoms with van der Waals surface area (Å²) in [6, 6.07) is 6.53. The van der Waals surface area contributed by atoms with Crippen LogP contribution in [0.25, 0.3) is 0 Å². The van der Waals surface area contributed by atoms with Crippen LogP contribution < -0.4 is 0 Å². The van der Waals surface area contributed by atoms with Crippen LogP contribution in [0.4, 0.5) is 0 Å². The summed E-state index contributed by atoms with van der Waals surface area (Å²) in [5, 5.41) is 0. The predicted octanol–water partition coefficient (Wildman–Crippen LogP) is 4.83. The summed E-state index contributed by atoms with van der Waals surface area (Å²) in [5.74, 6) is 0. The maximum absolute atomic E-state index is 4.12. The first kappa shape index (κ1) is 13.2. The van der Waals surface area contributed by atoms with Gasteiger partial charge in [-0.25, -0.2) is 0 Å². The summed E-state index contributed by atoms with van der Waals surface area (Å²) in [4.78, 5) is 0. The van der Waals surface area contributed by atoms with Crippen molar-refractivity contribution in [3.8, 4) is 0 Å². The molecule has 0 aromatic heterocycles. The lowest BCUT2D eigenvalue weighted by atomic mass is 9.99. The molecular weight excluding hydrogens is 307 g/mol. The largest absolute Gasteiger partial charge is 0.0991 e. The zero-order valence-electron chi connectivity index (χ0n) is 9.89. The van der Waals surface area contributed by atoms with Gasteiger partial charge in [-0.15, -0.1) is 0 Å². The van der Waals surface area contributed by atoms with E-state index in [9.17, 15) is 0 Å². The quantitative estimate of drug-likeness (QED) is 0.550. The predicted molar refractivity (Wildman–Crippen MR) is 80.7 cm³/mol. The fourth-order valence-corrected chi connectivity index (χ4v) is 2.03. The number of rotatable bonds is 4. The van der Waals surface area contributed by atoms with Gasteiger partial charge in [-0.1, -0.05) is 43.0 Å². The number of hydrogen-bond donors (Lipinski definition) is 0. The third-order valence-electron chi connectivity index (χ3n) is 2.53. The molecule has 0 fully saturated rings. The van der Waals surface area contributed by atoms with E-state index in [-0.39, 0.29) is 0 Å². The van der Waals surface area contributed by atoms with Gasteiger partial charge in [0, 0.05) is 3.57 Å². The molecule has 1 aromatic rings. The van der Waals surface area contributed by atoms with Gasteiger partial charge in [-0.05, 0) is 65.6 Å². The zero-order valence-corrected chi connectivity index (χ0v) is 12.0. The monoisotopic (exact) mass is 324 g/mol. The molecule has 0 heterocycles. The Hall–Kier alpha value is -0.830. The summed E-state index contributed by atoms with van der Waals surface area (Å²) in [6.45, 7) is 12.0. The lowest BCUT2D eigenvalue weighted by Crippen LogP contribution is -1.94. The summed E-state index contributed by atoms with van der Waals surface area (Å²) in [6.07, 6.45) is 4.73. The van der Waals surface area contributed by atoms with E-state index in [0.29, 0.717) is 0 Å². The average molecular weight is 324 g/mol. The van der Waals surface area contributed by atoms with Crippen LogP contribution in [0.3, 0.4) is 0 Å². The Kier molecular flexibility index (Phi) is 5.00. The highest BCUT2D eigenvalue weighted by atomic mass is 127. The Labute approximate surface area is 112 Å². The molecule has 0 unspecified atom stereocenters. The Balaban J connectivity index is 2.88. The van der Waals surface area contributed by atoms with E-state index >= 15 is 0 Å². The van der Waals surface area contributed by atoms with Crippen LogP contribution in [0.5, 0.6) is 0 Å². The van der Waals surface area contributed by atoms with Gasteiger partial charge in [0.2, 0.25) is 0 Å². The van der Waals surface area contributed by atoms with Crippen molar-refractivity contribution >= 4 is 22.6 Å². The normalized spacial score (nSPS) is 11.3. The van der Waals surface area contributed by atoms with E-state index in [2.05, 4.69) is 67.8 Å². The van der Waals surface area contributed by atoms with Crippen LogP contribution in [0.15, 0.2) is 54.7 Å². The van der Waals surface area contributed by atoms with E-state index in [1.807, 2.05) is 12.2 Å². The van der Waals surface area contributed by atoms with Gasteiger partial charge >= 0.3 is 0 Å². The second kappa shape index (κ2) is 6.04. The maximum Gasteiger partial charge on any atom is 0.0165 e. The number of halogens is 1. The van der Waals surface area contributed by atoms with Gasteiger partial charge < -0.3 is 0 Å². The fourth-order valence-electron chi connectivity index (χ4n) is 1.50. The first-order valence-corrected chi connectivity index (χ1v) is 6.35. The number of hydrogen-bond acceptors (Lipinski definition) is 0. The highest BCUT2D eigenvalue weighted by Gasteiger charge is 2.03. The number of allylic oxidation sites excluding steroid dienone is 4. The van der Waals surface area contributed by atoms with Gasteiger partial charge in [0.25, 0.3) is 0 Å². The molecule has 0 nitrogen and oxygen atoms in total. The molecule has 0 aliphatic heterocycles. The van der Waals surface area contributed by atoms with Crippen molar-refractivity contribution in [2.75, 3.05) is 0 Å². The molecule has 1 aromatic carbocycles. The van der Waals surface area contributed by atoms with Crippen LogP contribution in [0.2, 0.25) is 0 Å². The van der Waals surface area contributed by atoms with Crippen molar-refractivity contribution in [1.82, 2.24) is 0 Å². The van der Waals surface area contributed by atoms with Crippen LogP contribution in [-0.2, 0) is 6.42 Å². The van der Waals surface area contributed by atoms with Crippen molar-refractivity contribution in [3.63, 3.8) is 0 Å². The summed E-state index contributed by atoms with van der Waals surface area (Å²) < 4.78 is 1.30. The third-order valence-corrected chi connectivity index (χ3v) is 3.58. The van der Waals surface area contributed by atoms with Crippen LogP contribution >= 0.6 is 22.6 Å². The highest BCUT2D eigenvalue weighted by Crippen LogP contribution is 2.20. The average Bonchev–Trinajstić information content (AvgIpc) is 2.23. The lowest BCUT2D eigenvalue weighted by Gasteiger charge is -2.09. The Morgan fingerprint density at radius 3 is 2.75 bits per heavy atom.